The molecule has 0 aliphatic carbocycles. The minimum atomic E-state index is 0.142. The minimum Gasteiger partial charge on any atom is -0.506 e. The van der Waals surface area contributed by atoms with E-state index in [0.29, 0.717) is 11.1 Å². The SMILES string of the molecule is CCC1CN(Cc2ccc(O)c(Cl)c2)CCO1. The number of aromatic hydroxyl groups is 1. The molecule has 0 aromatic heterocycles. The summed E-state index contributed by atoms with van der Waals surface area (Å²) in [6.45, 7) is 5.72. The fourth-order valence-electron chi connectivity index (χ4n) is 2.08. The number of nitrogens with zero attached hydrogens (tertiary/aromatic N) is 1. The van der Waals surface area contributed by atoms with E-state index < -0.39 is 0 Å². The molecule has 0 bridgehead atoms. The number of hydrogen-bond acceptors (Lipinski definition) is 3. The molecule has 1 heterocycles. The van der Waals surface area contributed by atoms with Crippen LogP contribution in [0.15, 0.2) is 18.2 Å². The van der Waals surface area contributed by atoms with Crippen LogP contribution in [-0.4, -0.2) is 35.8 Å². The monoisotopic (exact) mass is 255 g/mol. The molecule has 1 aromatic rings. The smallest absolute Gasteiger partial charge is 0.134 e. The Labute approximate surface area is 107 Å². The maximum atomic E-state index is 9.36. The van der Waals surface area contributed by atoms with E-state index in [1.165, 1.54) is 0 Å². The van der Waals surface area contributed by atoms with Gasteiger partial charge in [0.05, 0.1) is 17.7 Å². The van der Waals surface area contributed by atoms with E-state index in [0.717, 1.165) is 38.2 Å². The Bertz CT molecular complexity index is 384. The zero-order valence-corrected chi connectivity index (χ0v) is 10.8. The third-order valence-electron chi connectivity index (χ3n) is 3.10. The zero-order valence-electron chi connectivity index (χ0n) is 10.0. The summed E-state index contributed by atoms with van der Waals surface area (Å²) in [7, 11) is 0. The van der Waals surface area contributed by atoms with Gasteiger partial charge in [-0.05, 0) is 24.1 Å². The van der Waals surface area contributed by atoms with Gasteiger partial charge in [0.2, 0.25) is 0 Å². The van der Waals surface area contributed by atoms with Crippen LogP contribution in [-0.2, 0) is 11.3 Å². The van der Waals surface area contributed by atoms with Gasteiger partial charge in [-0.3, -0.25) is 4.90 Å². The fraction of sp³-hybridized carbons (Fsp3) is 0.538. The van der Waals surface area contributed by atoms with Gasteiger partial charge in [-0.2, -0.15) is 0 Å². The lowest BCUT2D eigenvalue weighted by atomic mass is 10.1. The molecular formula is C13H18ClNO2. The second-order valence-electron chi connectivity index (χ2n) is 4.42. The van der Waals surface area contributed by atoms with Crippen molar-refractivity contribution >= 4 is 11.6 Å². The van der Waals surface area contributed by atoms with E-state index in [1.807, 2.05) is 12.1 Å². The lowest BCUT2D eigenvalue weighted by molar-refractivity contribution is -0.0324. The van der Waals surface area contributed by atoms with Gasteiger partial charge >= 0.3 is 0 Å². The lowest BCUT2D eigenvalue weighted by Crippen LogP contribution is -2.41. The molecule has 1 N–H and O–H groups in total. The first kappa shape index (κ1) is 12.7. The molecule has 1 unspecified atom stereocenters. The topological polar surface area (TPSA) is 32.7 Å². The number of phenolic OH excluding ortho intramolecular Hbond substituents is 1. The van der Waals surface area contributed by atoms with Gasteiger partial charge in [-0.15, -0.1) is 0 Å². The fourth-order valence-corrected chi connectivity index (χ4v) is 2.28. The molecule has 0 radical (unpaired) electrons. The molecule has 0 saturated carbocycles. The highest BCUT2D eigenvalue weighted by Gasteiger charge is 2.18. The average molecular weight is 256 g/mol. The van der Waals surface area contributed by atoms with Gasteiger partial charge < -0.3 is 9.84 Å². The molecule has 94 valence electrons. The Morgan fingerprint density at radius 3 is 3.06 bits per heavy atom. The molecule has 1 saturated heterocycles. The molecule has 0 spiro atoms. The summed E-state index contributed by atoms with van der Waals surface area (Å²) in [6.07, 6.45) is 1.39. The van der Waals surface area contributed by atoms with E-state index in [4.69, 9.17) is 16.3 Å². The number of benzene rings is 1. The van der Waals surface area contributed by atoms with Crippen molar-refractivity contribution in [2.24, 2.45) is 0 Å². The van der Waals surface area contributed by atoms with E-state index >= 15 is 0 Å². The summed E-state index contributed by atoms with van der Waals surface area (Å²) in [5.74, 6) is 0.142. The van der Waals surface area contributed by atoms with Gasteiger partial charge in [0.15, 0.2) is 0 Å². The van der Waals surface area contributed by atoms with E-state index in [2.05, 4.69) is 11.8 Å². The number of morpholine rings is 1. The molecule has 1 aromatic carbocycles. The lowest BCUT2D eigenvalue weighted by Gasteiger charge is -2.32. The van der Waals surface area contributed by atoms with Gasteiger partial charge in [0, 0.05) is 19.6 Å². The number of rotatable bonds is 3. The van der Waals surface area contributed by atoms with Crippen LogP contribution in [0, 0.1) is 0 Å². The van der Waals surface area contributed by atoms with Crippen LogP contribution < -0.4 is 0 Å². The highest BCUT2D eigenvalue weighted by Crippen LogP contribution is 2.24. The van der Waals surface area contributed by atoms with Crippen LogP contribution in [0.1, 0.15) is 18.9 Å². The van der Waals surface area contributed by atoms with Crippen molar-refractivity contribution in [2.45, 2.75) is 26.0 Å². The molecule has 3 nitrogen and oxygen atoms in total. The van der Waals surface area contributed by atoms with Gasteiger partial charge in [0.25, 0.3) is 0 Å². The summed E-state index contributed by atoms with van der Waals surface area (Å²) < 4.78 is 5.63. The number of ether oxygens (including phenoxy) is 1. The van der Waals surface area contributed by atoms with Crippen LogP contribution in [0.5, 0.6) is 5.75 Å². The Hall–Kier alpha value is -0.770. The van der Waals surface area contributed by atoms with Gasteiger partial charge in [-0.1, -0.05) is 24.6 Å². The second-order valence-corrected chi connectivity index (χ2v) is 4.83. The van der Waals surface area contributed by atoms with Crippen molar-refractivity contribution < 1.29 is 9.84 Å². The Kier molecular flexibility index (Phi) is 4.26. The number of phenols is 1. The van der Waals surface area contributed by atoms with Crippen molar-refractivity contribution in [1.82, 2.24) is 4.90 Å². The second kappa shape index (κ2) is 5.71. The first-order chi connectivity index (χ1) is 8.19. The zero-order chi connectivity index (χ0) is 12.3. The van der Waals surface area contributed by atoms with Crippen molar-refractivity contribution in [3.63, 3.8) is 0 Å². The predicted octanol–water partition coefficient (Wildman–Crippen LogP) is 2.66. The molecule has 1 aliphatic heterocycles. The molecule has 1 fully saturated rings. The van der Waals surface area contributed by atoms with Gasteiger partial charge in [0.1, 0.15) is 5.75 Å². The maximum absolute atomic E-state index is 9.36. The third kappa shape index (κ3) is 3.35. The molecule has 0 amide bonds. The van der Waals surface area contributed by atoms with Crippen LogP contribution >= 0.6 is 11.6 Å². The van der Waals surface area contributed by atoms with Crippen LogP contribution in [0.3, 0.4) is 0 Å². The number of hydrogen-bond donors (Lipinski definition) is 1. The first-order valence-corrected chi connectivity index (χ1v) is 6.38. The van der Waals surface area contributed by atoms with Crippen molar-refractivity contribution in [3.05, 3.63) is 28.8 Å². The average Bonchev–Trinajstić information content (AvgIpc) is 2.34. The maximum Gasteiger partial charge on any atom is 0.134 e. The summed E-state index contributed by atoms with van der Waals surface area (Å²) >= 11 is 5.89. The summed E-state index contributed by atoms with van der Waals surface area (Å²) in [4.78, 5) is 2.36. The molecule has 4 heteroatoms. The standard InChI is InChI=1S/C13H18ClNO2/c1-2-11-9-15(5-6-17-11)8-10-3-4-13(16)12(14)7-10/h3-4,7,11,16H,2,5-6,8-9H2,1H3. The molecule has 1 aliphatic rings. The van der Waals surface area contributed by atoms with Gasteiger partial charge in [-0.25, -0.2) is 0 Å². The van der Waals surface area contributed by atoms with Crippen LogP contribution in [0.2, 0.25) is 5.02 Å². The van der Waals surface area contributed by atoms with Crippen LogP contribution in [0.4, 0.5) is 0 Å². The van der Waals surface area contributed by atoms with E-state index in [9.17, 15) is 5.11 Å². The molecule has 17 heavy (non-hydrogen) atoms. The van der Waals surface area contributed by atoms with Crippen molar-refractivity contribution in [2.75, 3.05) is 19.7 Å². The van der Waals surface area contributed by atoms with E-state index in [-0.39, 0.29) is 5.75 Å². The highest BCUT2D eigenvalue weighted by atomic mass is 35.5. The summed E-state index contributed by atoms with van der Waals surface area (Å²) in [6, 6.07) is 5.39. The minimum absolute atomic E-state index is 0.142. The normalized spacial score (nSPS) is 21.6. The van der Waals surface area contributed by atoms with Crippen molar-refractivity contribution in [1.29, 1.82) is 0 Å². The van der Waals surface area contributed by atoms with Crippen LogP contribution in [0.25, 0.3) is 0 Å². The Morgan fingerprint density at radius 2 is 2.35 bits per heavy atom. The largest absolute Gasteiger partial charge is 0.506 e. The van der Waals surface area contributed by atoms with E-state index in [1.54, 1.807) is 6.07 Å². The quantitative estimate of drug-likeness (QED) is 0.901. The highest BCUT2D eigenvalue weighted by molar-refractivity contribution is 6.32. The summed E-state index contributed by atoms with van der Waals surface area (Å²) in [5, 5.41) is 9.78. The molecule has 2 rings (SSSR count). The first-order valence-electron chi connectivity index (χ1n) is 6.00. The molecule has 1 atom stereocenters. The Balaban J connectivity index is 1.97. The Morgan fingerprint density at radius 1 is 1.53 bits per heavy atom. The predicted molar refractivity (Wildman–Crippen MR) is 68.4 cm³/mol. The third-order valence-corrected chi connectivity index (χ3v) is 3.40. The van der Waals surface area contributed by atoms with Crippen molar-refractivity contribution in [3.8, 4) is 5.75 Å². The number of halogens is 1. The molecular weight excluding hydrogens is 238 g/mol. The summed E-state index contributed by atoms with van der Waals surface area (Å²) in [5.41, 5.74) is 1.13.